The van der Waals surface area contributed by atoms with Crippen LogP contribution in [0.25, 0.3) is 0 Å². The largest absolute Gasteiger partial charge is 0.493 e. The van der Waals surface area contributed by atoms with Crippen molar-refractivity contribution < 1.29 is 19.4 Å². The van der Waals surface area contributed by atoms with Crippen LogP contribution >= 0.6 is 0 Å². The summed E-state index contributed by atoms with van der Waals surface area (Å²) in [7, 11) is 1.60. The number of β-amino-alcohol motifs (C(OH)–C–C–N with tert-alkyl or cyclic N) is 1. The number of benzene rings is 1. The van der Waals surface area contributed by atoms with Gasteiger partial charge >= 0.3 is 0 Å². The number of carbonyl (C=O) groups is 1. The van der Waals surface area contributed by atoms with Crippen molar-refractivity contribution in [1.82, 2.24) is 10.6 Å². The first-order chi connectivity index (χ1) is 10.9. The van der Waals surface area contributed by atoms with Crippen molar-refractivity contribution in [3.8, 4) is 11.5 Å². The maximum atomic E-state index is 12.2. The third kappa shape index (κ3) is 4.59. The monoisotopic (exact) mass is 322 g/mol. The fourth-order valence-electron chi connectivity index (χ4n) is 2.62. The standard InChI is InChI=1S/C17H26N2O4/c1-10(2)23-15-6-5-12(7-16(15)22-4)11(3)19-17(21)14-8-13(20)9-18-14/h5-7,10-11,13-14,18,20H,8-9H2,1-4H3,(H,19,21)/t11-,13-,14-/m0/s1. The number of rotatable bonds is 6. The van der Waals surface area contributed by atoms with Gasteiger partial charge in [-0.05, 0) is 44.9 Å². The molecule has 23 heavy (non-hydrogen) atoms. The van der Waals surface area contributed by atoms with E-state index in [9.17, 15) is 9.90 Å². The fraction of sp³-hybridized carbons (Fsp3) is 0.588. The van der Waals surface area contributed by atoms with Gasteiger partial charge < -0.3 is 25.2 Å². The number of ether oxygens (including phenoxy) is 2. The lowest BCUT2D eigenvalue weighted by Crippen LogP contribution is -2.41. The topological polar surface area (TPSA) is 79.8 Å². The molecule has 1 saturated heterocycles. The molecule has 1 aliphatic rings. The van der Waals surface area contributed by atoms with Crippen LogP contribution in [-0.2, 0) is 4.79 Å². The number of hydrogen-bond acceptors (Lipinski definition) is 5. The molecule has 0 radical (unpaired) electrons. The first-order valence-corrected chi connectivity index (χ1v) is 7.97. The van der Waals surface area contributed by atoms with E-state index in [0.717, 1.165) is 5.56 Å². The quantitative estimate of drug-likeness (QED) is 0.737. The second kappa shape index (κ2) is 7.66. The van der Waals surface area contributed by atoms with E-state index in [4.69, 9.17) is 9.47 Å². The molecule has 0 aliphatic carbocycles. The Morgan fingerprint density at radius 2 is 2.09 bits per heavy atom. The number of hydrogen-bond donors (Lipinski definition) is 3. The molecule has 1 aromatic carbocycles. The minimum atomic E-state index is -0.450. The van der Waals surface area contributed by atoms with E-state index < -0.39 is 6.10 Å². The minimum absolute atomic E-state index is 0.0618. The molecule has 1 amide bonds. The summed E-state index contributed by atoms with van der Waals surface area (Å²) in [6, 6.07) is 5.15. The van der Waals surface area contributed by atoms with Gasteiger partial charge in [0.25, 0.3) is 0 Å². The van der Waals surface area contributed by atoms with E-state index >= 15 is 0 Å². The predicted molar refractivity (Wildman–Crippen MR) is 87.7 cm³/mol. The Morgan fingerprint density at radius 1 is 1.35 bits per heavy atom. The lowest BCUT2D eigenvalue weighted by atomic mass is 10.1. The predicted octanol–water partition coefficient (Wildman–Crippen LogP) is 1.38. The smallest absolute Gasteiger partial charge is 0.237 e. The van der Waals surface area contributed by atoms with Crippen molar-refractivity contribution in [2.45, 2.75) is 51.5 Å². The summed E-state index contributed by atoms with van der Waals surface area (Å²) in [5.74, 6) is 1.23. The highest BCUT2D eigenvalue weighted by atomic mass is 16.5. The highest BCUT2D eigenvalue weighted by Crippen LogP contribution is 2.31. The molecule has 1 heterocycles. The Hall–Kier alpha value is -1.79. The summed E-state index contributed by atoms with van der Waals surface area (Å²) < 4.78 is 11.1. The van der Waals surface area contributed by atoms with Gasteiger partial charge in [-0.1, -0.05) is 6.07 Å². The van der Waals surface area contributed by atoms with Crippen molar-refractivity contribution in [2.24, 2.45) is 0 Å². The summed E-state index contributed by atoms with van der Waals surface area (Å²) in [6.07, 6.45) is 0.0589. The molecule has 0 spiro atoms. The van der Waals surface area contributed by atoms with E-state index in [1.165, 1.54) is 0 Å². The van der Waals surface area contributed by atoms with Crippen molar-refractivity contribution in [3.63, 3.8) is 0 Å². The number of aliphatic hydroxyl groups excluding tert-OH is 1. The SMILES string of the molecule is COc1cc([C@H](C)NC(=O)[C@@H]2C[C@H](O)CN2)ccc1OC(C)C. The van der Waals surface area contributed by atoms with Gasteiger partial charge in [0.05, 0.1) is 31.4 Å². The maximum absolute atomic E-state index is 12.2. The molecule has 6 heteroatoms. The summed E-state index contributed by atoms with van der Waals surface area (Å²) in [5.41, 5.74) is 0.935. The summed E-state index contributed by atoms with van der Waals surface area (Å²) >= 11 is 0. The minimum Gasteiger partial charge on any atom is -0.493 e. The van der Waals surface area contributed by atoms with Crippen LogP contribution in [-0.4, -0.2) is 42.9 Å². The van der Waals surface area contributed by atoms with Crippen LogP contribution in [0.1, 0.15) is 38.8 Å². The summed E-state index contributed by atoms with van der Waals surface area (Å²) in [5, 5.41) is 15.5. The Balaban J connectivity index is 2.04. The second-order valence-corrected chi connectivity index (χ2v) is 6.16. The first kappa shape index (κ1) is 17.6. The Morgan fingerprint density at radius 3 is 2.65 bits per heavy atom. The molecule has 1 aliphatic heterocycles. The lowest BCUT2D eigenvalue weighted by molar-refractivity contribution is -0.123. The van der Waals surface area contributed by atoms with Crippen molar-refractivity contribution >= 4 is 5.91 Å². The highest BCUT2D eigenvalue weighted by Gasteiger charge is 2.28. The van der Waals surface area contributed by atoms with Gasteiger partial charge in [-0.15, -0.1) is 0 Å². The number of amides is 1. The van der Waals surface area contributed by atoms with Gasteiger partial charge in [0.1, 0.15) is 0 Å². The zero-order chi connectivity index (χ0) is 17.0. The molecule has 0 saturated carbocycles. The molecule has 3 N–H and O–H groups in total. The summed E-state index contributed by atoms with van der Waals surface area (Å²) in [4.78, 5) is 12.2. The van der Waals surface area contributed by atoms with E-state index in [0.29, 0.717) is 24.5 Å². The highest BCUT2D eigenvalue weighted by molar-refractivity contribution is 5.82. The molecule has 2 rings (SSSR count). The maximum Gasteiger partial charge on any atom is 0.237 e. The van der Waals surface area contributed by atoms with E-state index in [1.807, 2.05) is 39.0 Å². The van der Waals surface area contributed by atoms with Gasteiger partial charge in [0.15, 0.2) is 11.5 Å². The fourth-order valence-corrected chi connectivity index (χ4v) is 2.62. The van der Waals surface area contributed by atoms with Crippen LogP contribution < -0.4 is 20.1 Å². The molecule has 0 aromatic heterocycles. The van der Waals surface area contributed by atoms with Crippen molar-refractivity contribution in [2.75, 3.05) is 13.7 Å². The van der Waals surface area contributed by atoms with Crippen LogP contribution in [0.5, 0.6) is 11.5 Å². The second-order valence-electron chi connectivity index (χ2n) is 6.16. The van der Waals surface area contributed by atoms with Crippen molar-refractivity contribution in [1.29, 1.82) is 0 Å². The van der Waals surface area contributed by atoms with Gasteiger partial charge in [-0.2, -0.15) is 0 Å². The zero-order valence-corrected chi connectivity index (χ0v) is 14.1. The third-order valence-electron chi connectivity index (χ3n) is 3.83. The lowest BCUT2D eigenvalue weighted by Gasteiger charge is -2.20. The third-order valence-corrected chi connectivity index (χ3v) is 3.83. The summed E-state index contributed by atoms with van der Waals surface area (Å²) in [6.45, 7) is 6.29. The molecule has 0 bridgehead atoms. The molecule has 6 nitrogen and oxygen atoms in total. The molecule has 1 aromatic rings. The van der Waals surface area contributed by atoms with E-state index in [-0.39, 0.29) is 24.1 Å². The van der Waals surface area contributed by atoms with Gasteiger partial charge in [0.2, 0.25) is 5.91 Å². The van der Waals surface area contributed by atoms with Gasteiger partial charge in [0, 0.05) is 6.54 Å². The first-order valence-electron chi connectivity index (χ1n) is 7.97. The molecule has 1 fully saturated rings. The zero-order valence-electron chi connectivity index (χ0n) is 14.1. The Kier molecular flexibility index (Phi) is 5.85. The average molecular weight is 322 g/mol. The van der Waals surface area contributed by atoms with Crippen LogP contribution in [0, 0.1) is 0 Å². The van der Waals surface area contributed by atoms with Crippen LogP contribution in [0.2, 0.25) is 0 Å². The molecular weight excluding hydrogens is 296 g/mol. The van der Waals surface area contributed by atoms with E-state index in [1.54, 1.807) is 7.11 Å². The normalized spacial score (nSPS) is 22.0. The molecule has 0 unspecified atom stereocenters. The van der Waals surface area contributed by atoms with Gasteiger partial charge in [-0.3, -0.25) is 4.79 Å². The number of nitrogens with one attached hydrogen (secondary N) is 2. The Bertz CT molecular complexity index is 547. The van der Waals surface area contributed by atoms with Crippen LogP contribution in [0.4, 0.5) is 0 Å². The number of carbonyl (C=O) groups excluding carboxylic acids is 1. The van der Waals surface area contributed by atoms with Crippen LogP contribution in [0.3, 0.4) is 0 Å². The number of methoxy groups -OCH3 is 1. The molecule has 128 valence electrons. The number of aliphatic hydroxyl groups is 1. The van der Waals surface area contributed by atoms with E-state index in [2.05, 4.69) is 10.6 Å². The molecule has 3 atom stereocenters. The Labute approximate surface area is 137 Å². The molecular formula is C17H26N2O4. The van der Waals surface area contributed by atoms with Crippen LogP contribution in [0.15, 0.2) is 18.2 Å². The average Bonchev–Trinajstić information content (AvgIpc) is 2.93. The van der Waals surface area contributed by atoms with Crippen molar-refractivity contribution in [3.05, 3.63) is 23.8 Å². The van der Waals surface area contributed by atoms with Gasteiger partial charge in [-0.25, -0.2) is 0 Å².